The molecule has 0 saturated carbocycles. The number of hydrogen-bond acceptors (Lipinski definition) is 4. The first kappa shape index (κ1) is 16.7. The van der Waals surface area contributed by atoms with E-state index in [1.807, 2.05) is 18.2 Å². The van der Waals surface area contributed by atoms with Crippen LogP contribution < -0.4 is 5.56 Å². The van der Waals surface area contributed by atoms with Gasteiger partial charge in [-0.25, -0.2) is 0 Å². The molecule has 1 atom stereocenters. The molecule has 0 radical (unpaired) electrons. The molecule has 126 valence electrons. The number of carbonyl (C=O) groups excluding carboxylic acids is 1. The zero-order valence-corrected chi connectivity index (χ0v) is 13.8. The Hall–Kier alpha value is -2.18. The van der Waals surface area contributed by atoms with Crippen molar-refractivity contribution in [2.24, 2.45) is 0 Å². The summed E-state index contributed by atoms with van der Waals surface area (Å²) >= 11 is 5.84. The fourth-order valence-electron chi connectivity index (χ4n) is 2.70. The summed E-state index contributed by atoms with van der Waals surface area (Å²) in [6.07, 6.45) is 5.04. The van der Waals surface area contributed by atoms with Crippen molar-refractivity contribution >= 4 is 17.5 Å². The molecule has 3 heterocycles. The maximum atomic E-state index is 12.9. The Balaban J connectivity index is 1.82. The predicted molar refractivity (Wildman–Crippen MR) is 90.0 cm³/mol. The number of aromatic amines is 1. The lowest BCUT2D eigenvalue weighted by Crippen LogP contribution is -2.37. The van der Waals surface area contributed by atoms with Gasteiger partial charge in [0.2, 0.25) is 0 Å². The van der Waals surface area contributed by atoms with Gasteiger partial charge < -0.3 is 14.6 Å². The van der Waals surface area contributed by atoms with E-state index >= 15 is 0 Å². The summed E-state index contributed by atoms with van der Waals surface area (Å²) < 4.78 is 5.65. The topological polar surface area (TPSA) is 75.3 Å². The Morgan fingerprint density at radius 1 is 1.46 bits per heavy atom. The molecule has 0 bridgehead atoms. The molecule has 1 N–H and O–H groups in total. The van der Waals surface area contributed by atoms with Crippen LogP contribution in [0.25, 0.3) is 0 Å². The number of hydrogen-bond donors (Lipinski definition) is 1. The first-order chi connectivity index (χ1) is 11.6. The number of amides is 1. The van der Waals surface area contributed by atoms with E-state index in [9.17, 15) is 9.59 Å². The van der Waals surface area contributed by atoms with Crippen molar-refractivity contribution in [2.45, 2.75) is 25.5 Å². The van der Waals surface area contributed by atoms with E-state index in [1.165, 1.54) is 12.3 Å². The molecule has 1 amide bonds. The maximum Gasteiger partial charge on any atom is 0.266 e. The highest BCUT2D eigenvalue weighted by Gasteiger charge is 2.24. The molecule has 0 aliphatic carbocycles. The molecule has 7 heteroatoms. The highest BCUT2D eigenvalue weighted by molar-refractivity contribution is 6.30. The van der Waals surface area contributed by atoms with Crippen LogP contribution in [0.3, 0.4) is 0 Å². The van der Waals surface area contributed by atoms with E-state index in [1.54, 1.807) is 11.1 Å². The van der Waals surface area contributed by atoms with Crippen molar-refractivity contribution in [3.8, 4) is 0 Å². The van der Waals surface area contributed by atoms with Crippen LogP contribution in [0.4, 0.5) is 0 Å². The third-order valence-electron chi connectivity index (χ3n) is 3.92. The van der Waals surface area contributed by atoms with Gasteiger partial charge in [-0.2, -0.15) is 0 Å². The SMILES string of the molecule is O=C(c1c[nH]c(=O)c(Cl)c1)N(Cc1ccccn1)CC1CCCO1. The van der Waals surface area contributed by atoms with Gasteiger partial charge in [0.25, 0.3) is 11.5 Å². The van der Waals surface area contributed by atoms with Gasteiger partial charge in [0.1, 0.15) is 5.02 Å². The highest BCUT2D eigenvalue weighted by atomic mass is 35.5. The molecule has 2 aromatic heterocycles. The lowest BCUT2D eigenvalue weighted by Gasteiger charge is -2.25. The van der Waals surface area contributed by atoms with Crippen LogP contribution in [0.2, 0.25) is 5.02 Å². The normalized spacial score (nSPS) is 17.0. The van der Waals surface area contributed by atoms with Crippen molar-refractivity contribution in [2.75, 3.05) is 13.2 Å². The van der Waals surface area contributed by atoms with Crippen LogP contribution in [0.1, 0.15) is 28.9 Å². The van der Waals surface area contributed by atoms with Crippen LogP contribution in [0, 0.1) is 0 Å². The molecule has 24 heavy (non-hydrogen) atoms. The molecule has 2 aromatic rings. The van der Waals surface area contributed by atoms with E-state index in [2.05, 4.69) is 9.97 Å². The average molecular weight is 348 g/mol. The first-order valence-electron chi connectivity index (χ1n) is 7.82. The average Bonchev–Trinajstić information content (AvgIpc) is 3.10. The molecular formula is C17H18ClN3O3. The van der Waals surface area contributed by atoms with Crippen LogP contribution in [0.15, 0.2) is 41.5 Å². The number of ether oxygens (including phenoxy) is 1. The second-order valence-electron chi connectivity index (χ2n) is 5.71. The van der Waals surface area contributed by atoms with Crippen LogP contribution in [0.5, 0.6) is 0 Å². The quantitative estimate of drug-likeness (QED) is 0.900. The van der Waals surface area contributed by atoms with Gasteiger partial charge in [-0.05, 0) is 31.0 Å². The van der Waals surface area contributed by atoms with Crippen LogP contribution in [-0.2, 0) is 11.3 Å². The number of H-pyrrole nitrogens is 1. The summed E-state index contributed by atoms with van der Waals surface area (Å²) in [6, 6.07) is 6.98. The summed E-state index contributed by atoms with van der Waals surface area (Å²) in [5, 5.41) is -0.00393. The van der Waals surface area contributed by atoms with E-state index in [-0.39, 0.29) is 17.0 Å². The van der Waals surface area contributed by atoms with Crippen molar-refractivity contribution in [1.82, 2.24) is 14.9 Å². The van der Waals surface area contributed by atoms with E-state index in [4.69, 9.17) is 16.3 Å². The minimum Gasteiger partial charge on any atom is -0.376 e. The fourth-order valence-corrected chi connectivity index (χ4v) is 2.87. The van der Waals surface area contributed by atoms with E-state index in [0.29, 0.717) is 18.7 Å². The van der Waals surface area contributed by atoms with Gasteiger partial charge >= 0.3 is 0 Å². The summed E-state index contributed by atoms with van der Waals surface area (Å²) in [7, 11) is 0. The number of pyridine rings is 2. The van der Waals surface area contributed by atoms with Crippen molar-refractivity contribution in [1.29, 1.82) is 0 Å². The smallest absolute Gasteiger partial charge is 0.266 e. The number of aromatic nitrogens is 2. The molecule has 0 aromatic carbocycles. The molecule has 1 aliphatic rings. The molecule has 1 saturated heterocycles. The summed E-state index contributed by atoms with van der Waals surface area (Å²) in [5.41, 5.74) is 0.719. The third kappa shape index (κ3) is 4.01. The second-order valence-corrected chi connectivity index (χ2v) is 6.11. The van der Waals surface area contributed by atoms with Crippen molar-refractivity contribution in [3.05, 3.63) is 63.3 Å². The standard InChI is InChI=1S/C17H18ClN3O3/c18-15-8-12(9-20-16(15)22)17(23)21(11-14-5-3-7-24-14)10-13-4-1-2-6-19-13/h1-2,4,6,8-9,14H,3,5,7,10-11H2,(H,20,22). The molecule has 1 fully saturated rings. The minimum absolute atomic E-state index is 0.00393. The molecule has 1 unspecified atom stereocenters. The maximum absolute atomic E-state index is 12.9. The van der Waals surface area contributed by atoms with Gasteiger partial charge in [0.15, 0.2) is 0 Å². The number of rotatable bonds is 5. The number of nitrogens with one attached hydrogen (secondary N) is 1. The van der Waals surface area contributed by atoms with Crippen molar-refractivity contribution < 1.29 is 9.53 Å². The van der Waals surface area contributed by atoms with Gasteiger partial charge in [0.05, 0.1) is 23.9 Å². The minimum atomic E-state index is -0.413. The largest absolute Gasteiger partial charge is 0.376 e. The van der Waals surface area contributed by atoms with Crippen LogP contribution in [-0.4, -0.2) is 40.0 Å². The second kappa shape index (κ2) is 7.59. The number of nitrogens with zero attached hydrogens (tertiary/aromatic N) is 2. The molecular weight excluding hydrogens is 330 g/mol. The molecule has 0 spiro atoms. The predicted octanol–water partition coefficient (Wildman–Crippen LogP) is 2.24. The fraction of sp³-hybridized carbons (Fsp3) is 0.353. The highest BCUT2D eigenvalue weighted by Crippen LogP contribution is 2.17. The van der Waals surface area contributed by atoms with E-state index in [0.717, 1.165) is 25.1 Å². The summed E-state index contributed by atoms with van der Waals surface area (Å²) in [6.45, 7) is 1.57. The lowest BCUT2D eigenvalue weighted by molar-refractivity contribution is 0.0504. The lowest BCUT2D eigenvalue weighted by atomic mass is 10.2. The Morgan fingerprint density at radius 3 is 3.00 bits per heavy atom. The van der Waals surface area contributed by atoms with Gasteiger partial charge in [-0.1, -0.05) is 17.7 Å². The van der Waals surface area contributed by atoms with E-state index < -0.39 is 5.56 Å². The van der Waals surface area contributed by atoms with Gasteiger partial charge in [-0.3, -0.25) is 14.6 Å². The molecule has 1 aliphatic heterocycles. The third-order valence-corrected chi connectivity index (χ3v) is 4.20. The zero-order valence-electron chi connectivity index (χ0n) is 13.1. The number of carbonyl (C=O) groups is 1. The Morgan fingerprint density at radius 2 is 2.33 bits per heavy atom. The Labute approximate surface area is 144 Å². The Kier molecular flexibility index (Phi) is 5.27. The molecule has 6 nitrogen and oxygen atoms in total. The zero-order chi connectivity index (χ0) is 16.9. The monoisotopic (exact) mass is 347 g/mol. The molecule has 3 rings (SSSR count). The summed E-state index contributed by atoms with van der Waals surface area (Å²) in [5.74, 6) is -0.214. The van der Waals surface area contributed by atoms with Crippen LogP contribution >= 0.6 is 11.6 Å². The Bertz CT molecular complexity index is 757. The van der Waals surface area contributed by atoms with Crippen molar-refractivity contribution in [3.63, 3.8) is 0 Å². The van der Waals surface area contributed by atoms with Gasteiger partial charge in [-0.15, -0.1) is 0 Å². The number of halogens is 1. The first-order valence-corrected chi connectivity index (χ1v) is 8.20. The van der Waals surface area contributed by atoms with Gasteiger partial charge in [0, 0.05) is 25.5 Å². The summed E-state index contributed by atoms with van der Waals surface area (Å²) in [4.78, 5) is 32.7.